The van der Waals surface area contributed by atoms with Crippen LogP contribution in [0, 0.1) is 29.1 Å². The van der Waals surface area contributed by atoms with Crippen LogP contribution in [-0.2, 0) is 0 Å². The van der Waals surface area contributed by atoms with Crippen LogP contribution in [0.1, 0.15) is 17.9 Å². The second kappa shape index (κ2) is 3.24. The van der Waals surface area contributed by atoms with Crippen LogP contribution < -0.4 is 0 Å². The molecular formula is C14H13N. The Labute approximate surface area is 90.0 Å². The molecule has 1 nitrogen and oxygen atoms in total. The van der Waals surface area contributed by atoms with Gasteiger partial charge in [0.15, 0.2) is 0 Å². The molecule has 2 aliphatic rings. The minimum Gasteiger partial charge on any atom is -0.198 e. The smallest absolute Gasteiger partial charge is 0.0668 e. The van der Waals surface area contributed by atoms with Gasteiger partial charge in [0, 0.05) is 5.92 Å². The Morgan fingerprint density at radius 3 is 2.53 bits per heavy atom. The average Bonchev–Trinajstić information content (AvgIpc) is 2.89. The minimum atomic E-state index is 0.197. The fourth-order valence-electron chi connectivity index (χ4n) is 3.13. The predicted octanol–water partition coefficient (Wildman–Crippen LogP) is 3.12. The van der Waals surface area contributed by atoms with E-state index < -0.39 is 0 Å². The summed E-state index contributed by atoms with van der Waals surface area (Å²) in [6.07, 6.45) is 5.71. The van der Waals surface area contributed by atoms with E-state index in [1.54, 1.807) is 0 Å². The van der Waals surface area contributed by atoms with Crippen LogP contribution in [0.5, 0.6) is 0 Å². The second-order valence-electron chi connectivity index (χ2n) is 4.54. The molecule has 0 aliphatic heterocycles. The van der Waals surface area contributed by atoms with E-state index in [9.17, 15) is 5.26 Å². The first-order valence-electron chi connectivity index (χ1n) is 5.53. The molecule has 0 unspecified atom stereocenters. The molecule has 1 aromatic rings. The summed E-state index contributed by atoms with van der Waals surface area (Å²) >= 11 is 0. The van der Waals surface area contributed by atoms with E-state index in [2.05, 4.69) is 42.5 Å². The van der Waals surface area contributed by atoms with Gasteiger partial charge in [-0.25, -0.2) is 0 Å². The summed E-state index contributed by atoms with van der Waals surface area (Å²) in [5.41, 5.74) is 1.33. The summed E-state index contributed by atoms with van der Waals surface area (Å²) in [5, 5.41) is 9.24. The van der Waals surface area contributed by atoms with Gasteiger partial charge in [0.2, 0.25) is 0 Å². The Bertz CT molecular complexity index is 426. The Morgan fingerprint density at radius 2 is 1.80 bits per heavy atom. The van der Waals surface area contributed by atoms with Crippen molar-refractivity contribution in [3.63, 3.8) is 0 Å². The Morgan fingerprint density at radius 1 is 1.07 bits per heavy atom. The third-order valence-electron chi connectivity index (χ3n) is 3.79. The van der Waals surface area contributed by atoms with E-state index in [1.165, 1.54) is 12.0 Å². The van der Waals surface area contributed by atoms with E-state index in [0.29, 0.717) is 17.8 Å². The summed E-state index contributed by atoms with van der Waals surface area (Å²) in [4.78, 5) is 0. The van der Waals surface area contributed by atoms with Gasteiger partial charge in [-0.1, -0.05) is 42.5 Å². The average molecular weight is 195 g/mol. The van der Waals surface area contributed by atoms with Gasteiger partial charge in [0.1, 0.15) is 0 Å². The van der Waals surface area contributed by atoms with Crippen LogP contribution >= 0.6 is 0 Å². The van der Waals surface area contributed by atoms with Crippen LogP contribution in [-0.4, -0.2) is 0 Å². The number of rotatable bonds is 1. The number of benzene rings is 1. The number of nitriles is 1. The number of hydrogen-bond donors (Lipinski definition) is 0. The number of nitrogens with zero attached hydrogens (tertiary/aromatic N) is 1. The monoisotopic (exact) mass is 195 g/mol. The number of allylic oxidation sites excluding steroid dienone is 2. The highest BCUT2D eigenvalue weighted by Crippen LogP contribution is 2.52. The van der Waals surface area contributed by atoms with Crippen LogP contribution in [0.4, 0.5) is 0 Å². The predicted molar refractivity (Wildman–Crippen MR) is 59.0 cm³/mol. The van der Waals surface area contributed by atoms with Crippen molar-refractivity contribution in [3.8, 4) is 6.07 Å². The molecule has 2 aliphatic carbocycles. The van der Waals surface area contributed by atoms with Gasteiger partial charge in [-0.15, -0.1) is 0 Å². The van der Waals surface area contributed by atoms with Crippen molar-refractivity contribution >= 4 is 0 Å². The molecule has 0 spiro atoms. The zero-order valence-electron chi connectivity index (χ0n) is 8.51. The van der Waals surface area contributed by atoms with Crippen molar-refractivity contribution < 1.29 is 0 Å². The molecule has 1 saturated carbocycles. The lowest BCUT2D eigenvalue weighted by Gasteiger charge is -2.23. The summed E-state index contributed by atoms with van der Waals surface area (Å²) in [6, 6.07) is 13.0. The normalized spacial score (nSPS) is 36.7. The van der Waals surface area contributed by atoms with Gasteiger partial charge in [-0.2, -0.15) is 5.26 Å². The summed E-state index contributed by atoms with van der Waals surface area (Å²) in [7, 11) is 0. The SMILES string of the molecule is N#C[C@H]1[C@@H](c2ccccc2)[C@H]2C=C[C@@H]1C2. The van der Waals surface area contributed by atoms with Gasteiger partial charge < -0.3 is 0 Å². The first-order chi connectivity index (χ1) is 7.40. The Hall–Kier alpha value is -1.55. The van der Waals surface area contributed by atoms with Crippen molar-refractivity contribution in [2.45, 2.75) is 12.3 Å². The van der Waals surface area contributed by atoms with E-state index in [1.807, 2.05) is 6.07 Å². The molecule has 74 valence electrons. The first-order valence-corrected chi connectivity index (χ1v) is 5.53. The molecule has 2 bridgehead atoms. The molecule has 0 heterocycles. The molecule has 0 amide bonds. The lowest BCUT2D eigenvalue weighted by molar-refractivity contribution is 0.488. The van der Waals surface area contributed by atoms with Crippen LogP contribution in [0.25, 0.3) is 0 Å². The molecule has 1 aromatic carbocycles. The van der Waals surface area contributed by atoms with Crippen LogP contribution in [0.15, 0.2) is 42.5 Å². The van der Waals surface area contributed by atoms with Gasteiger partial charge in [0.25, 0.3) is 0 Å². The quantitative estimate of drug-likeness (QED) is 0.631. The number of hydrogen-bond acceptors (Lipinski definition) is 1. The van der Waals surface area contributed by atoms with Crippen LogP contribution in [0.3, 0.4) is 0 Å². The molecule has 4 atom stereocenters. The minimum absolute atomic E-state index is 0.197. The number of fused-ring (bicyclic) bond motifs is 2. The van der Waals surface area contributed by atoms with Gasteiger partial charge in [-0.3, -0.25) is 0 Å². The van der Waals surface area contributed by atoms with Gasteiger partial charge in [-0.05, 0) is 23.8 Å². The summed E-state index contributed by atoms with van der Waals surface area (Å²) < 4.78 is 0. The lowest BCUT2D eigenvalue weighted by atomic mass is 9.79. The zero-order chi connectivity index (χ0) is 10.3. The fraction of sp³-hybridized carbons (Fsp3) is 0.357. The molecule has 0 aromatic heterocycles. The van der Waals surface area contributed by atoms with E-state index in [0.717, 1.165) is 0 Å². The highest BCUT2D eigenvalue weighted by atomic mass is 14.5. The van der Waals surface area contributed by atoms with Crippen LogP contribution in [0.2, 0.25) is 0 Å². The van der Waals surface area contributed by atoms with Crippen molar-refractivity contribution in [3.05, 3.63) is 48.0 Å². The maximum atomic E-state index is 9.24. The van der Waals surface area contributed by atoms with Crippen molar-refractivity contribution in [1.29, 1.82) is 5.26 Å². The molecule has 0 radical (unpaired) electrons. The van der Waals surface area contributed by atoms with E-state index in [4.69, 9.17) is 0 Å². The molecule has 1 heteroatoms. The lowest BCUT2D eigenvalue weighted by Crippen LogP contribution is -2.15. The highest BCUT2D eigenvalue weighted by molar-refractivity contribution is 5.31. The maximum absolute atomic E-state index is 9.24. The molecule has 0 N–H and O–H groups in total. The van der Waals surface area contributed by atoms with Crippen molar-refractivity contribution in [2.75, 3.05) is 0 Å². The molecule has 3 rings (SSSR count). The molecular weight excluding hydrogens is 182 g/mol. The second-order valence-corrected chi connectivity index (χ2v) is 4.54. The van der Waals surface area contributed by atoms with E-state index >= 15 is 0 Å². The van der Waals surface area contributed by atoms with Crippen molar-refractivity contribution in [2.24, 2.45) is 17.8 Å². The molecule has 1 fully saturated rings. The van der Waals surface area contributed by atoms with Gasteiger partial charge in [0.05, 0.1) is 12.0 Å². The topological polar surface area (TPSA) is 23.8 Å². The first kappa shape index (κ1) is 8.73. The maximum Gasteiger partial charge on any atom is 0.0668 e. The third-order valence-corrected chi connectivity index (χ3v) is 3.79. The highest BCUT2D eigenvalue weighted by Gasteiger charge is 2.45. The van der Waals surface area contributed by atoms with Crippen molar-refractivity contribution in [1.82, 2.24) is 0 Å². The molecule has 15 heavy (non-hydrogen) atoms. The largest absolute Gasteiger partial charge is 0.198 e. The fourth-order valence-corrected chi connectivity index (χ4v) is 3.13. The Balaban J connectivity index is 2.00. The molecule has 0 saturated heterocycles. The Kier molecular flexibility index (Phi) is 1.89. The van der Waals surface area contributed by atoms with E-state index in [-0.39, 0.29) is 5.92 Å². The summed E-state index contributed by atoms with van der Waals surface area (Å²) in [5.74, 6) is 1.74. The zero-order valence-corrected chi connectivity index (χ0v) is 8.51. The summed E-state index contributed by atoms with van der Waals surface area (Å²) in [6.45, 7) is 0. The van der Waals surface area contributed by atoms with Gasteiger partial charge >= 0.3 is 0 Å². The standard InChI is InChI=1S/C14H13N/c15-9-13-11-6-7-12(8-11)14(13)10-4-2-1-3-5-10/h1-7,11-14H,8H2/t11-,12+,13-,14+/m1/s1. The third kappa shape index (κ3) is 1.22.